The lowest BCUT2D eigenvalue weighted by atomic mass is 10.0. The molecule has 1 atom stereocenters. The molecule has 1 aromatic heterocycles. The van der Waals surface area contributed by atoms with Crippen LogP contribution < -0.4 is 16.0 Å². The first-order chi connectivity index (χ1) is 7.45. The van der Waals surface area contributed by atoms with Gasteiger partial charge in [0.15, 0.2) is 0 Å². The van der Waals surface area contributed by atoms with Gasteiger partial charge in [-0.3, -0.25) is 4.98 Å². The average Bonchev–Trinajstić information content (AvgIpc) is 2.78. The number of nitrogens with zero attached hydrogens (tertiary/aromatic N) is 1. The van der Waals surface area contributed by atoms with E-state index in [0.717, 1.165) is 19.6 Å². The first-order valence-corrected chi connectivity index (χ1v) is 5.29. The maximum Gasteiger partial charge on any atom is 0.0846 e. The summed E-state index contributed by atoms with van der Waals surface area (Å²) in [4.78, 5) is 4.16. The minimum absolute atomic E-state index is 0.275. The van der Waals surface area contributed by atoms with Crippen LogP contribution in [0.1, 0.15) is 18.0 Å². The molecule has 0 saturated carbocycles. The molecule has 0 bridgehead atoms. The summed E-state index contributed by atoms with van der Waals surface area (Å²) in [6.07, 6.45) is 4.81. The van der Waals surface area contributed by atoms with Gasteiger partial charge in [-0.2, -0.15) is 0 Å². The van der Waals surface area contributed by atoms with Gasteiger partial charge in [0, 0.05) is 31.1 Å². The van der Waals surface area contributed by atoms with Gasteiger partial charge in [0.05, 0.1) is 18.4 Å². The van der Waals surface area contributed by atoms with Crippen molar-refractivity contribution in [1.29, 1.82) is 0 Å². The summed E-state index contributed by atoms with van der Waals surface area (Å²) in [5.41, 5.74) is 3.86. The second-order valence-electron chi connectivity index (χ2n) is 3.85. The highest BCUT2D eigenvalue weighted by Gasteiger charge is 2.26. The van der Waals surface area contributed by atoms with Crippen LogP contribution in [0, 0.1) is 0 Å². The van der Waals surface area contributed by atoms with E-state index in [1.54, 1.807) is 0 Å². The average molecular weight is 202 g/mol. The third-order valence-corrected chi connectivity index (χ3v) is 2.94. The molecule has 3 rings (SSSR count). The third-order valence-electron chi connectivity index (χ3n) is 2.94. The van der Waals surface area contributed by atoms with Crippen LogP contribution in [0.25, 0.3) is 0 Å². The van der Waals surface area contributed by atoms with Crippen LogP contribution in [0.5, 0.6) is 0 Å². The van der Waals surface area contributed by atoms with Gasteiger partial charge in [-0.25, -0.2) is 0 Å². The van der Waals surface area contributed by atoms with Crippen molar-refractivity contribution >= 4 is 0 Å². The summed E-state index contributed by atoms with van der Waals surface area (Å²) in [5, 5.41) is 10.3. The predicted molar refractivity (Wildman–Crippen MR) is 57.8 cm³/mol. The van der Waals surface area contributed by atoms with Crippen LogP contribution in [-0.2, 0) is 0 Å². The molecule has 0 aliphatic carbocycles. The maximum atomic E-state index is 4.16. The van der Waals surface area contributed by atoms with E-state index in [1.165, 1.54) is 17.0 Å². The highest BCUT2D eigenvalue weighted by molar-refractivity contribution is 5.32. The van der Waals surface area contributed by atoms with Gasteiger partial charge in [0.2, 0.25) is 0 Å². The van der Waals surface area contributed by atoms with E-state index >= 15 is 0 Å². The van der Waals surface area contributed by atoms with Gasteiger partial charge in [0.25, 0.3) is 0 Å². The first kappa shape index (κ1) is 8.73. The Morgan fingerprint density at radius 1 is 1.33 bits per heavy atom. The predicted octanol–water partition coefficient (Wildman–Crippen LogP) is 0.478. The molecule has 3 heterocycles. The molecule has 78 valence electrons. The van der Waals surface area contributed by atoms with Crippen LogP contribution in [0.4, 0.5) is 0 Å². The van der Waals surface area contributed by atoms with Gasteiger partial charge in [0.1, 0.15) is 0 Å². The zero-order valence-electron chi connectivity index (χ0n) is 8.46. The quantitative estimate of drug-likeness (QED) is 0.620. The first-order valence-electron chi connectivity index (χ1n) is 5.29. The molecule has 4 heteroatoms. The van der Waals surface area contributed by atoms with Gasteiger partial charge in [-0.15, -0.1) is 0 Å². The number of aromatic nitrogens is 1. The topological polar surface area (TPSA) is 49.0 Å². The Hall–Kier alpha value is -1.55. The number of rotatable bonds is 1. The summed E-state index contributed by atoms with van der Waals surface area (Å²) in [6, 6.07) is 4.37. The van der Waals surface area contributed by atoms with Crippen LogP contribution in [0.3, 0.4) is 0 Å². The van der Waals surface area contributed by atoms with Gasteiger partial charge >= 0.3 is 0 Å². The largest absolute Gasteiger partial charge is 0.370 e. The lowest BCUT2D eigenvalue weighted by Crippen LogP contribution is -2.32. The minimum Gasteiger partial charge on any atom is -0.370 e. The molecule has 3 N–H and O–H groups in total. The second kappa shape index (κ2) is 3.55. The number of pyridine rings is 1. The maximum absolute atomic E-state index is 4.16. The van der Waals surface area contributed by atoms with Crippen molar-refractivity contribution in [2.75, 3.05) is 13.2 Å². The van der Waals surface area contributed by atoms with E-state index in [4.69, 9.17) is 0 Å². The Morgan fingerprint density at radius 3 is 3.20 bits per heavy atom. The van der Waals surface area contributed by atoms with Gasteiger partial charge in [-0.05, 0) is 11.6 Å². The molecule has 0 amide bonds. The number of hydrogen-bond donors (Lipinski definition) is 3. The smallest absolute Gasteiger partial charge is 0.0846 e. The van der Waals surface area contributed by atoms with Crippen LogP contribution in [0.2, 0.25) is 0 Å². The Morgan fingerprint density at radius 2 is 2.33 bits per heavy atom. The van der Waals surface area contributed by atoms with E-state index in [-0.39, 0.29) is 6.04 Å². The second-order valence-corrected chi connectivity index (χ2v) is 3.85. The minimum atomic E-state index is 0.275. The highest BCUT2D eigenvalue weighted by Crippen LogP contribution is 2.27. The third kappa shape index (κ3) is 1.47. The van der Waals surface area contributed by atoms with Gasteiger partial charge in [-0.1, -0.05) is 6.07 Å². The summed E-state index contributed by atoms with van der Waals surface area (Å²) < 4.78 is 0. The Bertz CT molecular complexity index is 385. The molecule has 0 aromatic carbocycles. The molecular weight excluding hydrogens is 188 g/mol. The number of nitrogens with one attached hydrogen (secondary N) is 3. The summed E-state index contributed by atoms with van der Waals surface area (Å²) >= 11 is 0. The van der Waals surface area contributed by atoms with E-state index < -0.39 is 0 Å². The zero-order chi connectivity index (χ0) is 10.1. The number of hydrogen-bond acceptors (Lipinski definition) is 4. The molecule has 2 aliphatic heterocycles. The van der Waals surface area contributed by atoms with Crippen LogP contribution >= 0.6 is 0 Å². The zero-order valence-corrected chi connectivity index (χ0v) is 8.46. The lowest BCUT2D eigenvalue weighted by Gasteiger charge is -2.25. The molecule has 0 radical (unpaired) electrons. The standard InChI is InChI=1S/C11H14N4/c1-2-8(6-12-4-1)10-11-9(3-5-13-10)14-7-15-11/h1-2,4,6,10,13-15H,3,5,7H2/t10-/m0/s1. The molecule has 15 heavy (non-hydrogen) atoms. The van der Waals surface area contributed by atoms with E-state index in [2.05, 4.69) is 27.0 Å². The van der Waals surface area contributed by atoms with Crippen LogP contribution in [-0.4, -0.2) is 18.2 Å². The monoisotopic (exact) mass is 202 g/mol. The van der Waals surface area contributed by atoms with Crippen molar-refractivity contribution in [1.82, 2.24) is 20.9 Å². The van der Waals surface area contributed by atoms with Crippen molar-refractivity contribution in [2.24, 2.45) is 0 Å². The van der Waals surface area contributed by atoms with Crippen molar-refractivity contribution in [3.8, 4) is 0 Å². The molecule has 0 saturated heterocycles. The molecule has 0 fully saturated rings. The normalized spacial score (nSPS) is 24.4. The fraction of sp³-hybridized carbons (Fsp3) is 0.364. The van der Waals surface area contributed by atoms with E-state index in [9.17, 15) is 0 Å². The Kier molecular flexibility index (Phi) is 2.07. The fourth-order valence-corrected chi connectivity index (χ4v) is 2.22. The highest BCUT2D eigenvalue weighted by atomic mass is 15.2. The summed E-state index contributed by atoms with van der Waals surface area (Å²) in [5.74, 6) is 0. The Labute approximate surface area is 88.8 Å². The summed E-state index contributed by atoms with van der Waals surface area (Å²) in [6.45, 7) is 1.87. The SMILES string of the molecule is c1cncc([C@@H]2NCCC3=C2NCN3)c1. The van der Waals surface area contributed by atoms with E-state index in [0.29, 0.717) is 0 Å². The molecule has 1 aromatic rings. The van der Waals surface area contributed by atoms with Crippen molar-refractivity contribution in [3.63, 3.8) is 0 Å². The van der Waals surface area contributed by atoms with E-state index in [1.807, 2.05) is 18.5 Å². The fourth-order valence-electron chi connectivity index (χ4n) is 2.22. The molecule has 4 nitrogen and oxygen atoms in total. The van der Waals surface area contributed by atoms with Crippen molar-refractivity contribution < 1.29 is 0 Å². The van der Waals surface area contributed by atoms with Gasteiger partial charge < -0.3 is 16.0 Å². The lowest BCUT2D eigenvalue weighted by molar-refractivity contribution is 0.540. The van der Waals surface area contributed by atoms with Crippen molar-refractivity contribution in [2.45, 2.75) is 12.5 Å². The van der Waals surface area contributed by atoms with Crippen molar-refractivity contribution in [3.05, 3.63) is 41.5 Å². The Balaban J connectivity index is 1.96. The molecular formula is C11H14N4. The van der Waals surface area contributed by atoms with Crippen LogP contribution in [0.15, 0.2) is 35.9 Å². The molecule has 0 unspecified atom stereocenters. The molecule has 2 aliphatic rings. The molecule has 0 spiro atoms. The summed E-state index contributed by atoms with van der Waals surface area (Å²) in [7, 11) is 0.